The third kappa shape index (κ3) is 3.46. The van der Waals surface area contributed by atoms with Crippen LogP contribution >= 0.6 is 15.9 Å². The van der Waals surface area contributed by atoms with Crippen molar-refractivity contribution in [3.8, 4) is 11.8 Å². The normalized spacial score (nSPS) is 13.2. The Morgan fingerprint density at radius 3 is 2.67 bits per heavy atom. The van der Waals surface area contributed by atoms with E-state index in [1.807, 2.05) is 24.3 Å². The molecule has 6 nitrogen and oxygen atoms in total. The molecule has 4 rings (SSSR count). The molecule has 3 aromatic rings. The number of nitrogens with one attached hydrogen (secondary N) is 1. The molecule has 0 spiro atoms. The third-order valence-electron chi connectivity index (χ3n) is 4.30. The molecule has 0 bridgehead atoms. The van der Waals surface area contributed by atoms with Gasteiger partial charge in [-0.25, -0.2) is 9.07 Å². The highest BCUT2D eigenvalue weighted by Gasteiger charge is 2.34. The van der Waals surface area contributed by atoms with Crippen LogP contribution < -0.4 is 5.32 Å². The van der Waals surface area contributed by atoms with Gasteiger partial charge in [-0.15, -0.1) is 5.10 Å². The van der Waals surface area contributed by atoms with Gasteiger partial charge in [-0.05, 0) is 55.3 Å². The zero-order valence-corrected chi connectivity index (χ0v) is 15.6. The van der Waals surface area contributed by atoms with Gasteiger partial charge in [-0.1, -0.05) is 21.1 Å². The van der Waals surface area contributed by atoms with Gasteiger partial charge in [0.2, 0.25) is 0 Å². The minimum Gasteiger partial charge on any atom is -0.320 e. The maximum absolute atomic E-state index is 13.5. The summed E-state index contributed by atoms with van der Waals surface area (Å²) in [6, 6.07) is 13.2. The Morgan fingerprint density at radius 2 is 2.00 bits per heavy atom. The average Bonchev–Trinajstić information content (AvgIpc) is 3.42. The van der Waals surface area contributed by atoms with E-state index < -0.39 is 11.7 Å². The van der Waals surface area contributed by atoms with Crippen molar-refractivity contribution in [3.05, 3.63) is 69.7 Å². The monoisotopic (exact) mass is 425 g/mol. The number of carbonyl (C=O) groups excluding carboxylic acids is 1. The summed E-state index contributed by atoms with van der Waals surface area (Å²) in [4.78, 5) is 12.7. The van der Waals surface area contributed by atoms with Gasteiger partial charge in [0.05, 0.1) is 16.9 Å². The fourth-order valence-corrected chi connectivity index (χ4v) is 3.09. The molecule has 1 fully saturated rings. The van der Waals surface area contributed by atoms with E-state index in [4.69, 9.17) is 5.26 Å². The van der Waals surface area contributed by atoms with Crippen molar-refractivity contribution < 1.29 is 9.18 Å². The summed E-state index contributed by atoms with van der Waals surface area (Å²) in [7, 11) is 0. The molecule has 1 aromatic heterocycles. The largest absolute Gasteiger partial charge is 0.320 e. The van der Waals surface area contributed by atoms with Crippen LogP contribution in [0.4, 0.5) is 10.1 Å². The molecule has 0 unspecified atom stereocenters. The first-order chi connectivity index (χ1) is 13.1. The van der Waals surface area contributed by atoms with Crippen LogP contribution in [0.2, 0.25) is 0 Å². The number of carbonyl (C=O) groups is 1. The second-order valence-corrected chi connectivity index (χ2v) is 7.16. The number of nitriles is 1. The maximum atomic E-state index is 13.5. The summed E-state index contributed by atoms with van der Waals surface area (Å²) < 4.78 is 16.1. The van der Waals surface area contributed by atoms with E-state index in [2.05, 4.69) is 31.6 Å². The second-order valence-electron chi connectivity index (χ2n) is 6.25. The molecule has 1 N–H and O–H groups in total. The highest BCUT2D eigenvalue weighted by atomic mass is 79.9. The van der Waals surface area contributed by atoms with Gasteiger partial charge in [0.1, 0.15) is 11.9 Å². The Morgan fingerprint density at radius 1 is 1.26 bits per heavy atom. The van der Waals surface area contributed by atoms with Crippen LogP contribution in [-0.2, 0) is 0 Å². The summed E-state index contributed by atoms with van der Waals surface area (Å²) in [5.74, 6) is -0.835. The molecule has 1 aliphatic rings. The highest BCUT2D eigenvalue weighted by molar-refractivity contribution is 9.10. The first kappa shape index (κ1) is 17.4. The first-order valence-corrected chi connectivity index (χ1v) is 9.08. The van der Waals surface area contributed by atoms with Gasteiger partial charge in [0.15, 0.2) is 5.69 Å². The number of halogens is 2. The van der Waals surface area contributed by atoms with Crippen LogP contribution in [0.3, 0.4) is 0 Å². The number of rotatable bonds is 4. The van der Waals surface area contributed by atoms with Crippen LogP contribution in [0.1, 0.15) is 40.5 Å². The minimum atomic E-state index is -0.629. The predicted octanol–water partition coefficient (Wildman–Crippen LogP) is 4.17. The van der Waals surface area contributed by atoms with Crippen molar-refractivity contribution in [2.75, 3.05) is 5.32 Å². The van der Waals surface area contributed by atoms with Gasteiger partial charge in [0.25, 0.3) is 5.91 Å². The van der Waals surface area contributed by atoms with E-state index in [9.17, 15) is 9.18 Å². The van der Waals surface area contributed by atoms with Crippen molar-refractivity contribution >= 4 is 27.5 Å². The van der Waals surface area contributed by atoms with Crippen molar-refractivity contribution in [3.63, 3.8) is 0 Å². The Kier molecular flexibility index (Phi) is 4.46. The Hall–Kier alpha value is -3.05. The number of benzene rings is 2. The molecule has 2 aromatic carbocycles. The molecule has 1 aliphatic carbocycles. The van der Waals surface area contributed by atoms with Crippen molar-refractivity contribution in [1.29, 1.82) is 5.26 Å². The summed E-state index contributed by atoms with van der Waals surface area (Å²) in [6.45, 7) is 0. The lowest BCUT2D eigenvalue weighted by Crippen LogP contribution is -2.15. The van der Waals surface area contributed by atoms with Crippen LogP contribution in [-0.4, -0.2) is 20.9 Å². The Balaban J connectivity index is 1.67. The molecule has 134 valence electrons. The number of nitrogens with zero attached hydrogens (tertiary/aromatic N) is 4. The average molecular weight is 426 g/mol. The van der Waals surface area contributed by atoms with Crippen molar-refractivity contribution in [1.82, 2.24) is 15.0 Å². The number of anilines is 1. The standard InChI is InChI=1S/C19H13BrFN5O/c20-13-3-6-15(7-4-13)26-18(11-1-2-11)17(24-25-26)19(27)23-14-5-8-16(21)12(9-14)10-22/h3-9,11H,1-2H2,(H,23,27). The molecule has 8 heteroatoms. The summed E-state index contributed by atoms with van der Waals surface area (Å²) in [5.41, 5.74) is 2.02. The van der Waals surface area contributed by atoms with Crippen LogP contribution in [0.5, 0.6) is 0 Å². The van der Waals surface area contributed by atoms with E-state index in [1.54, 1.807) is 10.8 Å². The van der Waals surface area contributed by atoms with Gasteiger partial charge >= 0.3 is 0 Å². The molecule has 1 saturated carbocycles. The fraction of sp³-hybridized carbons (Fsp3) is 0.158. The number of hydrogen-bond acceptors (Lipinski definition) is 4. The topological polar surface area (TPSA) is 83.6 Å². The SMILES string of the molecule is N#Cc1cc(NC(=O)c2nnn(-c3ccc(Br)cc3)c2C2CC2)ccc1F. The molecule has 0 radical (unpaired) electrons. The summed E-state index contributed by atoms with van der Waals surface area (Å²) >= 11 is 3.40. The molecule has 1 heterocycles. The molecule has 27 heavy (non-hydrogen) atoms. The van der Waals surface area contributed by atoms with Gasteiger partial charge in [-0.3, -0.25) is 4.79 Å². The second kappa shape index (κ2) is 6.93. The zero-order valence-electron chi connectivity index (χ0n) is 14.0. The maximum Gasteiger partial charge on any atom is 0.278 e. The number of amides is 1. The molecular weight excluding hydrogens is 413 g/mol. The van der Waals surface area contributed by atoms with Gasteiger partial charge in [-0.2, -0.15) is 5.26 Å². The lowest BCUT2D eigenvalue weighted by Gasteiger charge is -2.08. The molecule has 0 aliphatic heterocycles. The molecule has 0 saturated heterocycles. The lowest BCUT2D eigenvalue weighted by molar-refractivity contribution is 0.102. The molecule has 1 amide bonds. The van der Waals surface area contributed by atoms with E-state index in [0.29, 0.717) is 5.69 Å². The quantitative estimate of drug-likeness (QED) is 0.679. The van der Waals surface area contributed by atoms with E-state index in [-0.39, 0.29) is 17.2 Å². The van der Waals surface area contributed by atoms with Gasteiger partial charge in [0, 0.05) is 16.1 Å². The van der Waals surface area contributed by atoms with Crippen LogP contribution in [0.15, 0.2) is 46.9 Å². The number of hydrogen-bond donors (Lipinski definition) is 1. The predicted molar refractivity (Wildman–Crippen MR) is 100 cm³/mol. The fourth-order valence-electron chi connectivity index (χ4n) is 2.83. The lowest BCUT2D eigenvalue weighted by atomic mass is 10.1. The molecular formula is C19H13BrFN5O. The zero-order chi connectivity index (χ0) is 19.0. The smallest absolute Gasteiger partial charge is 0.278 e. The Bertz CT molecular complexity index is 1070. The molecule has 0 atom stereocenters. The third-order valence-corrected chi connectivity index (χ3v) is 4.83. The summed E-state index contributed by atoms with van der Waals surface area (Å²) in [6.07, 6.45) is 1.94. The van der Waals surface area contributed by atoms with Gasteiger partial charge < -0.3 is 5.32 Å². The van der Waals surface area contributed by atoms with Crippen molar-refractivity contribution in [2.45, 2.75) is 18.8 Å². The first-order valence-electron chi connectivity index (χ1n) is 8.29. The summed E-state index contributed by atoms with van der Waals surface area (Å²) in [5, 5.41) is 19.9. The highest BCUT2D eigenvalue weighted by Crippen LogP contribution is 2.42. The van der Waals surface area contributed by atoms with Crippen molar-refractivity contribution in [2.24, 2.45) is 0 Å². The van der Waals surface area contributed by atoms with Crippen LogP contribution in [0.25, 0.3) is 5.69 Å². The number of aromatic nitrogens is 3. The van der Waals surface area contributed by atoms with E-state index >= 15 is 0 Å². The van der Waals surface area contributed by atoms with E-state index in [0.717, 1.165) is 34.8 Å². The van der Waals surface area contributed by atoms with E-state index in [1.165, 1.54) is 12.1 Å². The minimum absolute atomic E-state index is 0.131. The van der Waals surface area contributed by atoms with Crippen LogP contribution in [0, 0.1) is 17.1 Å². The Labute approximate surface area is 162 Å².